The van der Waals surface area contributed by atoms with E-state index in [4.69, 9.17) is 10.2 Å². The number of unbranched alkanes of at least 4 members (excludes halogenated alkanes) is 5. The van der Waals surface area contributed by atoms with Crippen LogP contribution in [0.25, 0.3) is 0 Å². The molecule has 0 amide bonds. The van der Waals surface area contributed by atoms with Gasteiger partial charge >= 0.3 is 0 Å². The molecular formula is C14H25NO. The molecule has 1 aromatic rings. The zero-order valence-corrected chi connectivity index (χ0v) is 10.7. The minimum Gasteiger partial charge on any atom is -0.469 e. The molecule has 1 rings (SSSR count). The lowest BCUT2D eigenvalue weighted by molar-refractivity contribution is 0.518. The third-order valence-corrected chi connectivity index (χ3v) is 3.05. The van der Waals surface area contributed by atoms with Gasteiger partial charge in [0.05, 0.1) is 6.26 Å². The van der Waals surface area contributed by atoms with Crippen LogP contribution in [0.5, 0.6) is 0 Å². The number of hydrogen-bond donors (Lipinski definition) is 1. The Kier molecular flexibility index (Phi) is 6.24. The molecule has 0 aliphatic heterocycles. The number of aryl methyl sites for hydroxylation is 1. The second-order valence-corrected chi connectivity index (χ2v) is 4.65. The Balaban J connectivity index is 2.09. The Morgan fingerprint density at radius 3 is 2.50 bits per heavy atom. The van der Waals surface area contributed by atoms with Crippen molar-refractivity contribution in [3.05, 3.63) is 23.7 Å². The van der Waals surface area contributed by atoms with Crippen LogP contribution in [0.4, 0.5) is 0 Å². The van der Waals surface area contributed by atoms with Gasteiger partial charge in [0, 0.05) is 11.6 Å². The molecule has 0 bridgehead atoms. The van der Waals surface area contributed by atoms with Gasteiger partial charge in [0.25, 0.3) is 0 Å². The summed E-state index contributed by atoms with van der Waals surface area (Å²) in [7, 11) is 0. The van der Waals surface area contributed by atoms with Gasteiger partial charge in [0.15, 0.2) is 0 Å². The molecule has 1 unspecified atom stereocenters. The van der Waals surface area contributed by atoms with Gasteiger partial charge in [0.1, 0.15) is 5.76 Å². The van der Waals surface area contributed by atoms with Crippen LogP contribution < -0.4 is 5.73 Å². The quantitative estimate of drug-likeness (QED) is 0.666. The topological polar surface area (TPSA) is 39.2 Å². The van der Waals surface area contributed by atoms with Crippen molar-refractivity contribution in [2.75, 3.05) is 0 Å². The minimum absolute atomic E-state index is 0.156. The normalized spacial score (nSPS) is 12.9. The van der Waals surface area contributed by atoms with E-state index in [-0.39, 0.29) is 6.04 Å². The largest absolute Gasteiger partial charge is 0.469 e. The van der Waals surface area contributed by atoms with Gasteiger partial charge in [-0.25, -0.2) is 0 Å². The van der Waals surface area contributed by atoms with Gasteiger partial charge < -0.3 is 10.2 Å². The number of furan rings is 1. The van der Waals surface area contributed by atoms with E-state index in [1.807, 2.05) is 13.0 Å². The van der Waals surface area contributed by atoms with Crippen molar-refractivity contribution in [2.45, 2.75) is 64.8 Å². The lowest BCUT2D eigenvalue weighted by Gasteiger charge is -2.08. The molecule has 16 heavy (non-hydrogen) atoms. The Morgan fingerprint density at radius 1 is 1.19 bits per heavy atom. The predicted molar refractivity (Wildman–Crippen MR) is 68.4 cm³/mol. The number of rotatable bonds is 8. The zero-order valence-electron chi connectivity index (χ0n) is 10.7. The molecule has 2 heteroatoms. The standard InChI is InChI=1S/C14H25NO/c1-3-4-5-6-7-8-9-14(15)13-10-12(2)16-11-13/h10-11,14H,3-9,15H2,1-2H3. The molecule has 1 aromatic heterocycles. The average Bonchev–Trinajstić information content (AvgIpc) is 2.70. The van der Waals surface area contributed by atoms with E-state index < -0.39 is 0 Å². The highest BCUT2D eigenvalue weighted by atomic mass is 16.3. The Hall–Kier alpha value is -0.760. The van der Waals surface area contributed by atoms with Crippen molar-refractivity contribution in [1.82, 2.24) is 0 Å². The average molecular weight is 223 g/mol. The fourth-order valence-electron chi connectivity index (χ4n) is 1.97. The van der Waals surface area contributed by atoms with Crippen LogP contribution in [0.1, 0.15) is 69.2 Å². The second kappa shape index (κ2) is 7.50. The van der Waals surface area contributed by atoms with Crippen molar-refractivity contribution in [3.8, 4) is 0 Å². The summed E-state index contributed by atoms with van der Waals surface area (Å²) in [6.45, 7) is 4.21. The van der Waals surface area contributed by atoms with Gasteiger partial charge in [-0.2, -0.15) is 0 Å². The summed E-state index contributed by atoms with van der Waals surface area (Å²) in [5, 5.41) is 0. The maximum atomic E-state index is 6.09. The van der Waals surface area contributed by atoms with Crippen LogP contribution in [-0.2, 0) is 0 Å². The lowest BCUT2D eigenvalue weighted by atomic mass is 10.0. The Bertz CT molecular complexity index is 280. The summed E-state index contributed by atoms with van der Waals surface area (Å²) in [6.07, 6.45) is 10.8. The van der Waals surface area contributed by atoms with Crippen LogP contribution in [0.3, 0.4) is 0 Å². The predicted octanol–water partition coefficient (Wildman–Crippen LogP) is 4.34. The summed E-state index contributed by atoms with van der Waals surface area (Å²) >= 11 is 0. The first-order valence-corrected chi connectivity index (χ1v) is 6.54. The van der Waals surface area contributed by atoms with Crippen LogP contribution >= 0.6 is 0 Å². The van der Waals surface area contributed by atoms with Gasteiger partial charge in [-0.05, 0) is 19.4 Å². The molecule has 0 saturated heterocycles. The molecule has 0 aromatic carbocycles. The second-order valence-electron chi connectivity index (χ2n) is 4.65. The van der Waals surface area contributed by atoms with E-state index in [0.717, 1.165) is 17.7 Å². The summed E-state index contributed by atoms with van der Waals surface area (Å²) < 4.78 is 5.27. The minimum atomic E-state index is 0.156. The van der Waals surface area contributed by atoms with Crippen molar-refractivity contribution in [3.63, 3.8) is 0 Å². The van der Waals surface area contributed by atoms with Crippen molar-refractivity contribution < 1.29 is 4.42 Å². The highest BCUT2D eigenvalue weighted by Gasteiger charge is 2.07. The first kappa shape index (κ1) is 13.3. The molecule has 2 nitrogen and oxygen atoms in total. The van der Waals surface area contributed by atoms with Crippen molar-refractivity contribution in [1.29, 1.82) is 0 Å². The summed E-state index contributed by atoms with van der Waals surface area (Å²) in [5.74, 6) is 0.952. The van der Waals surface area contributed by atoms with Crippen LogP contribution in [-0.4, -0.2) is 0 Å². The monoisotopic (exact) mass is 223 g/mol. The first-order chi connectivity index (χ1) is 7.74. The Morgan fingerprint density at radius 2 is 1.88 bits per heavy atom. The van der Waals surface area contributed by atoms with E-state index in [0.29, 0.717) is 0 Å². The molecule has 0 spiro atoms. The number of hydrogen-bond acceptors (Lipinski definition) is 2. The maximum Gasteiger partial charge on any atom is 0.101 e. The zero-order chi connectivity index (χ0) is 11.8. The molecule has 1 heterocycles. The highest BCUT2D eigenvalue weighted by Crippen LogP contribution is 2.20. The summed E-state index contributed by atoms with van der Waals surface area (Å²) in [4.78, 5) is 0. The molecule has 1 atom stereocenters. The van der Waals surface area contributed by atoms with E-state index in [1.54, 1.807) is 6.26 Å². The summed E-state index contributed by atoms with van der Waals surface area (Å²) in [6, 6.07) is 2.20. The molecule has 0 saturated carbocycles. The molecule has 2 N–H and O–H groups in total. The molecule has 0 aliphatic rings. The first-order valence-electron chi connectivity index (χ1n) is 6.54. The van der Waals surface area contributed by atoms with E-state index in [9.17, 15) is 0 Å². The third-order valence-electron chi connectivity index (χ3n) is 3.05. The fourth-order valence-corrected chi connectivity index (χ4v) is 1.97. The smallest absolute Gasteiger partial charge is 0.101 e. The van der Waals surface area contributed by atoms with Gasteiger partial charge in [-0.15, -0.1) is 0 Å². The summed E-state index contributed by atoms with van der Waals surface area (Å²) in [5.41, 5.74) is 7.23. The molecular weight excluding hydrogens is 198 g/mol. The molecule has 0 radical (unpaired) electrons. The van der Waals surface area contributed by atoms with Crippen LogP contribution in [0.15, 0.2) is 16.7 Å². The van der Waals surface area contributed by atoms with Crippen LogP contribution in [0, 0.1) is 6.92 Å². The Labute approximate surface area is 99.2 Å². The molecule has 92 valence electrons. The number of nitrogens with two attached hydrogens (primary N) is 1. The highest BCUT2D eigenvalue weighted by molar-refractivity contribution is 5.15. The lowest BCUT2D eigenvalue weighted by Crippen LogP contribution is -2.08. The van der Waals surface area contributed by atoms with E-state index in [1.165, 1.54) is 38.5 Å². The molecule has 0 aliphatic carbocycles. The molecule has 0 fully saturated rings. The van der Waals surface area contributed by atoms with E-state index in [2.05, 4.69) is 6.92 Å². The maximum absolute atomic E-state index is 6.09. The van der Waals surface area contributed by atoms with Crippen molar-refractivity contribution in [2.24, 2.45) is 5.73 Å². The van der Waals surface area contributed by atoms with Crippen molar-refractivity contribution >= 4 is 0 Å². The third kappa shape index (κ3) is 4.84. The van der Waals surface area contributed by atoms with E-state index >= 15 is 0 Å². The SMILES string of the molecule is CCCCCCCCC(N)c1coc(C)c1. The fraction of sp³-hybridized carbons (Fsp3) is 0.714. The van der Waals surface area contributed by atoms with Gasteiger partial charge in [0.2, 0.25) is 0 Å². The van der Waals surface area contributed by atoms with Crippen LogP contribution in [0.2, 0.25) is 0 Å². The van der Waals surface area contributed by atoms with Gasteiger partial charge in [-0.3, -0.25) is 0 Å². The van der Waals surface area contributed by atoms with Gasteiger partial charge in [-0.1, -0.05) is 45.4 Å².